The number of nitrogens with one attached hydrogen (secondary N) is 1. The SMILES string of the molecule is COc1ccc2ccccc2c1/C=N\n1c(=S)[nH]nc(C)c1=O. The second kappa shape index (κ2) is 6.13. The van der Waals surface area contributed by atoms with Gasteiger partial charge >= 0.3 is 0 Å². The molecule has 0 aliphatic carbocycles. The van der Waals surface area contributed by atoms with Gasteiger partial charge in [-0.05, 0) is 36.0 Å². The number of ether oxygens (including phenoxy) is 1. The highest BCUT2D eigenvalue weighted by Crippen LogP contribution is 2.26. The number of nitrogens with zero attached hydrogens (tertiary/aromatic N) is 3. The van der Waals surface area contributed by atoms with Gasteiger partial charge in [0.25, 0.3) is 5.56 Å². The lowest BCUT2D eigenvalue weighted by Crippen LogP contribution is -2.22. The Bertz CT molecular complexity index is 1020. The number of fused-ring (bicyclic) bond motifs is 1. The molecule has 2 aromatic carbocycles. The minimum atomic E-state index is -0.357. The lowest BCUT2D eigenvalue weighted by atomic mass is 10.0. The van der Waals surface area contributed by atoms with Gasteiger partial charge in [0.1, 0.15) is 11.4 Å². The Labute approximate surface area is 137 Å². The Morgan fingerprint density at radius 2 is 2.09 bits per heavy atom. The molecule has 0 aliphatic rings. The molecule has 1 aromatic heterocycles. The standard InChI is InChI=1S/C16H14N4O2S/c1-10-15(21)20(16(23)19-18-10)17-9-13-12-6-4-3-5-11(12)7-8-14(13)22-2/h3-9H,1-2H3,(H,19,23)/b17-9-. The topological polar surface area (TPSA) is 72.3 Å². The minimum absolute atomic E-state index is 0.135. The van der Waals surface area contributed by atoms with Gasteiger partial charge in [0.2, 0.25) is 4.77 Å². The van der Waals surface area contributed by atoms with Gasteiger partial charge in [-0.15, -0.1) is 0 Å². The molecule has 0 amide bonds. The van der Waals surface area contributed by atoms with Crippen LogP contribution in [0.15, 0.2) is 46.3 Å². The zero-order chi connectivity index (χ0) is 16.4. The normalized spacial score (nSPS) is 11.2. The fourth-order valence-electron chi connectivity index (χ4n) is 2.28. The quantitative estimate of drug-likeness (QED) is 0.593. The van der Waals surface area contributed by atoms with Crippen molar-refractivity contribution in [3.63, 3.8) is 0 Å². The number of aromatic nitrogens is 3. The van der Waals surface area contributed by atoms with Crippen LogP contribution in [0, 0.1) is 11.7 Å². The summed E-state index contributed by atoms with van der Waals surface area (Å²) in [4.78, 5) is 12.1. The molecule has 3 rings (SSSR count). The van der Waals surface area contributed by atoms with Crippen molar-refractivity contribution in [1.82, 2.24) is 14.9 Å². The summed E-state index contributed by atoms with van der Waals surface area (Å²) in [7, 11) is 1.59. The molecule has 1 heterocycles. The number of hydrogen-bond donors (Lipinski definition) is 1. The monoisotopic (exact) mass is 326 g/mol. The first-order valence-electron chi connectivity index (χ1n) is 6.90. The number of hydrogen-bond acceptors (Lipinski definition) is 5. The molecule has 0 bridgehead atoms. The van der Waals surface area contributed by atoms with Crippen molar-refractivity contribution in [1.29, 1.82) is 0 Å². The van der Waals surface area contributed by atoms with Crippen molar-refractivity contribution in [2.75, 3.05) is 7.11 Å². The predicted molar refractivity (Wildman–Crippen MR) is 91.9 cm³/mol. The van der Waals surface area contributed by atoms with Crippen molar-refractivity contribution < 1.29 is 4.74 Å². The molecule has 0 aliphatic heterocycles. The number of methoxy groups -OCH3 is 1. The minimum Gasteiger partial charge on any atom is -0.496 e. The van der Waals surface area contributed by atoms with E-state index in [0.717, 1.165) is 21.0 Å². The largest absolute Gasteiger partial charge is 0.496 e. The van der Waals surface area contributed by atoms with Gasteiger partial charge in [-0.3, -0.25) is 9.89 Å². The average Bonchev–Trinajstić information content (AvgIpc) is 2.58. The van der Waals surface area contributed by atoms with Crippen LogP contribution in [-0.2, 0) is 0 Å². The zero-order valence-corrected chi connectivity index (χ0v) is 13.4. The highest BCUT2D eigenvalue weighted by molar-refractivity contribution is 7.71. The first-order chi connectivity index (χ1) is 11.1. The van der Waals surface area contributed by atoms with Gasteiger partial charge in [0.05, 0.1) is 13.3 Å². The molecular weight excluding hydrogens is 312 g/mol. The lowest BCUT2D eigenvalue weighted by Gasteiger charge is -2.08. The number of benzene rings is 2. The van der Waals surface area contributed by atoms with E-state index in [9.17, 15) is 4.79 Å². The van der Waals surface area contributed by atoms with Crippen LogP contribution in [0.4, 0.5) is 0 Å². The van der Waals surface area contributed by atoms with E-state index < -0.39 is 0 Å². The fraction of sp³-hybridized carbons (Fsp3) is 0.125. The highest BCUT2D eigenvalue weighted by Gasteiger charge is 2.07. The van der Waals surface area contributed by atoms with Crippen molar-refractivity contribution in [3.05, 3.63) is 62.8 Å². The van der Waals surface area contributed by atoms with E-state index in [1.807, 2.05) is 36.4 Å². The molecule has 23 heavy (non-hydrogen) atoms. The van der Waals surface area contributed by atoms with E-state index in [0.29, 0.717) is 11.4 Å². The average molecular weight is 326 g/mol. The van der Waals surface area contributed by atoms with Crippen molar-refractivity contribution in [2.45, 2.75) is 6.92 Å². The third-order valence-electron chi connectivity index (χ3n) is 3.47. The third kappa shape index (κ3) is 2.78. The Balaban J connectivity index is 2.21. The van der Waals surface area contributed by atoms with Crippen LogP contribution < -0.4 is 10.3 Å². The van der Waals surface area contributed by atoms with Crippen molar-refractivity contribution in [2.24, 2.45) is 5.10 Å². The van der Waals surface area contributed by atoms with Gasteiger partial charge in [0, 0.05) is 5.56 Å². The summed E-state index contributed by atoms with van der Waals surface area (Å²) in [5.74, 6) is 0.668. The van der Waals surface area contributed by atoms with Crippen molar-refractivity contribution >= 4 is 29.2 Å². The molecule has 7 heteroatoms. The summed E-state index contributed by atoms with van der Waals surface area (Å²) >= 11 is 5.07. The van der Waals surface area contributed by atoms with Crippen LogP contribution in [-0.4, -0.2) is 28.2 Å². The van der Waals surface area contributed by atoms with Crippen LogP contribution in [0.1, 0.15) is 11.3 Å². The zero-order valence-electron chi connectivity index (χ0n) is 12.6. The molecule has 116 valence electrons. The second-order valence-electron chi connectivity index (χ2n) is 4.88. The van der Waals surface area contributed by atoms with E-state index in [2.05, 4.69) is 15.3 Å². The summed E-state index contributed by atoms with van der Waals surface area (Å²) in [5, 5.41) is 12.7. The van der Waals surface area contributed by atoms with E-state index in [1.165, 1.54) is 0 Å². The van der Waals surface area contributed by atoms with Gasteiger partial charge < -0.3 is 4.74 Å². The number of aryl methyl sites for hydroxylation is 1. The van der Waals surface area contributed by atoms with Gasteiger partial charge in [-0.2, -0.15) is 14.9 Å². The maximum atomic E-state index is 12.1. The number of H-pyrrole nitrogens is 1. The molecule has 0 spiro atoms. The first-order valence-corrected chi connectivity index (χ1v) is 7.31. The first kappa shape index (κ1) is 15.1. The fourth-order valence-corrected chi connectivity index (χ4v) is 2.46. The van der Waals surface area contributed by atoms with Crippen LogP contribution in [0.5, 0.6) is 5.75 Å². The maximum absolute atomic E-state index is 12.1. The Morgan fingerprint density at radius 3 is 2.87 bits per heavy atom. The lowest BCUT2D eigenvalue weighted by molar-refractivity contribution is 0.415. The molecule has 1 N–H and O–H groups in total. The predicted octanol–water partition coefficient (Wildman–Crippen LogP) is 2.65. The van der Waals surface area contributed by atoms with Crippen LogP contribution in [0.2, 0.25) is 0 Å². The Morgan fingerprint density at radius 1 is 1.30 bits per heavy atom. The second-order valence-corrected chi connectivity index (χ2v) is 5.27. The van der Waals surface area contributed by atoms with E-state index >= 15 is 0 Å². The maximum Gasteiger partial charge on any atom is 0.296 e. The third-order valence-corrected chi connectivity index (χ3v) is 3.73. The van der Waals surface area contributed by atoms with E-state index in [4.69, 9.17) is 17.0 Å². The van der Waals surface area contributed by atoms with Crippen LogP contribution in [0.3, 0.4) is 0 Å². The molecule has 0 saturated heterocycles. The molecular formula is C16H14N4O2S. The van der Waals surface area contributed by atoms with Crippen molar-refractivity contribution in [3.8, 4) is 5.75 Å². The molecule has 0 atom stereocenters. The molecule has 0 saturated carbocycles. The number of aromatic amines is 1. The summed E-state index contributed by atoms with van der Waals surface area (Å²) in [6.07, 6.45) is 1.58. The summed E-state index contributed by atoms with van der Waals surface area (Å²) in [5.41, 5.74) is 0.714. The Hall–Kier alpha value is -2.80. The summed E-state index contributed by atoms with van der Waals surface area (Å²) < 4.78 is 6.65. The Kier molecular flexibility index (Phi) is 4.03. The highest BCUT2D eigenvalue weighted by atomic mass is 32.1. The van der Waals surface area contributed by atoms with Gasteiger partial charge in [0.15, 0.2) is 0 Å². The summed E-state index contributed by atoms with van der Waals surface area (Å²) in [6.45, 7) is 1.60. The number of rotatable bonds is 3. The molecule has 0 unspecified atom stereocenters. The van der Waals surface area contributed by atoms with Crippen LogP contribution in [0.25, 0.3) is 10.8 Å². The molecule has 6 nitrogen and oxygen atoms in total. The smallest absolute Gasteiger partial charge is 0.296 e. The van der Waals surface area contributed by atoms with Gasteiger partial charge in [-0.25, -0.2) is 0 Å². The molecule has 0 radical (unpaired) electrons. The van der Waals surface area contributed by atoms with Crippen LogP contribution >= 0.6 is 12.2 Å². The van der Waals surface area contributed by atoms with E-state index in [-0.39, 0.29) is 10.3 Å². The van der Waals surface area contributed by atoms with E-state index in [1.54, 1.807) is 20.2 Å². The molecule has 3 aromatic rings. The summed E-state index contributed by atoms with van der Waals surface area (Å²) in [6, 6.07) is 11.7. The molecule has 0 fully saturated rings. The van der Waals surface area contributed by atoms with Gasteiger partial charge in [-0.1, -0.05) is 30.3 Å².